The molecule has 1 heterocycles. The number of nitrogens with one attached hydrogen (secondary N) is 1. The van der Waals surface area contributed by atoms with Crippen molar-refractivity contribution in [2.24, 2.45) is 11.7 Å². The molecule has 1 atom stereocenters. The van der Waals surface area contributed by atoms with Crippen molar-refractivity contribution in [1.82, 2.24) is 15.5 Å². The lowest BCUT2D eigenvalue weighted by Crippen LogP contribution is -2.47. The van der Waals surface area contributed by atoms with Gasteiger partial charge in [-0.25, -0.2) is 0 Å². The number of benzene rings is 1. The van der Waals surface area contributed by atoms with Gasteiger partial charge in [-0.3, -0.25) is 9.59 Å². The Morgan fingerprint density at radius 2 is 1.96 bits per heavy atom. The van der Waals surface area contributed by atoms with E-state index in [0.29, 0.717) is 18.1 Å². The largest absolute Gasteiger partial charge is 0.368 e. The van der Waals surface area contributed by atoms with Crippen LogP contribution >= 0.6 is 0 Å². The summed E-state index contributed by atoms with van der Waals surface area (Å²) >= 11 is 0. The second-order valence-corrected chi connectivity index (χ2v) is 5.57. The molecule has 2 aromatic rings. The summed E-state index contributed by atoms with van der Waals surface area (Å²) < 4.78 is 5.14. The molecule has 7 nitrogen and oxygen atoms in total. The predicted molar refractivity (Wildman–Crippen MR) is 84.0 cm³/mol. The predicted octanol–water partition coefficient (Wildman–Crippen LogP) is 1.30. The normalized spacial score (nSPS) is 12.1. The highest BCUT2D eigenvalue weighted by Gasteiger charge is 2.21. The van der Waals surface area contributed by atoms with E-state index in [2.05, 4.69) is 15.5 Å². The van der Waals surface area contributed by atoms with Crippen molar-refractivity contribution < 1.29 is 14.1 Å². The molecule has 1 unspecified atom stereocenters. The maximum absolute atomic E-state index is 11.9. The maximum atomic E-state index is 11.9. The minimum absolute atomic E-state index is 0.0652. The summed E-state index contributed by atoms with van der Waals surface area (Å²) in [5, 5.41) is 6.51. The quantitative estimate of drug-likeness (QED) is 0.799. The molecule has 23 heavy (non-hydrogen) atoms. The number of rotatable bonds is 7. The average molecular weight is 316 g/mol. The lowest BCUT2D eigenvalue weighted by molar-refractivity contribution is -0.128. The summed E-state index contributed by atoms with van der Waals surface area (Å²) in [6.45, 7) is 3.64. The van der Waals surface area contributed by atoms with Gasteiger partial charge in [0.15, 0.2) is 0 Å². The van der Waals surface area contributed by atoms with E-state index in [1.165, 1.54) is 0 Å². The van der Waals surface area contributed by atoms with Gasteiger partial charge in [-0.2, -0.15) is 4.98 Å². The van der Waals surface area contributed by atoms with E-state index >= 15 is 0 Å². The van der Waals surface area contributed by atoms with Crippen molar-refractivity contribution in [2.45, 2.75) is 32.7 Å². The molecule has 0 bridgehead atoms. The van der Waals surface area contributed by atoms with Crippen molar-refractivity contribution in [2.75, 3.05) is 0 Å². The van der Waals surface area contributed by atoms with Gasteiger partial charge in [0, 0.05) is 18.4 Å². The number of aromatic nitrogens is 2. The first-order chi connectivity index (χ1) is 11.0. The Labute approximate surface area is 134 Å². The van der Waals surface area contributed by atoms with Gasteiger partial charge in [0.05, 0.1) is 0 Å². The Bertz CT molecular complexity index is 667. The lowest BCUT2D eigenvalue weighted by atomic mass is 10.0. The van der Waals surface area contributed by atoms with Crippen LogP contribution in [0.5, 0.6) is 0 Å². The van der Waals surface area contributed by atoms with Crippen LogP contribution in [0.2, 0.25) is 0 Å². The van der Waals surface area contributed by atoms with Crippen LogP contribution in [-0.4, -0.2) is 28.0 Å². The summed E-state index contributed by atoms with van der Waals surface area (Å²) in [7, 11) is 0. The van der Waals surface area contributed by atoms with Crippen LogP contribution in [0, 0.1) is 5.92 Å². The van der Waals surface area contributed by atoms with Crippen molar-refractivity contribution in [3.8, 4) is 11.4 Å². The van der Waals surface area contributed by atoms with E-state index in [9.17, 15) is 9.59 Å². The third-order valence-corrected chi connectivity index (χ3v) is 3.36. The fraction of sp³-hybridized carbons (Fsp3) is 0.375. The van der Waals surface area contributed by atoms with Crippen molar-refractivity contribution >= 4 is 11.8 Å². The van der Waals surface area contributed by atoms with Crippen LogP contribution < -0.4 is 11.1 Å². The summed E-state index contributed by atoms with van der Waals surface area (Å²) in [6.07, 6.45) is 0.447. The van der Waals surface area contributed by atoms with E-state index in [-0.39, 0.29) is 18.2 Å². The van der Waals surface area contributed by atoms with Gasteiger partial charge in [-0.05, 0) is 5.92 Å². The number of carbonyl (C=O) groups is 2. The minimum atomic E-state index is -0.676. The van der Waals surface area contributed by atoms with Crippen LogP contribution in [0.3, 0.4) is 0 Å². The molecule has 1 aromatic carbocycles. The molecule has 2 rings (SSSR count). The van der Waals surface area contributed by atoms with E-state index in [4.69, 9.17) is 10.3 Å². The number of hydrogen-bond donors (Lipinski definition) is 2. The molecule has 0 spiro atoms. The first kappa shape index (κ1) is 16.7. The molecule has 3 N–H and O–H groups in total. The Morgan fingerprint density at radius 1 is 1.26 bits per heavy atom. The third kappa shape index (κ3) is 4.64. The van der Waals surface area contributed by atoms with Gasteiger partial charge in [0.2, 0.25) is 23.5 Å². The molecule has 0 saturated heterocycles. The Morgan fingerprint density at radius 3 is 2.57 bits per heavy atom. The highest BCUT2D eigenvalue weighted by molar-refractivity contribution is 5.86. The number of aryl methyl sites for hydroxylation is 1. The minimum Gasteiger partial charge on any atom is -0.368 e. The zero-order valence-electron chi connectivity index (χ0n) is 13.2. The van der Waals surface area contributed by atoms with Gasteiger partial charge >= 0.3 is 0 Å². The Kier molecular flexibility index (Phi) is 5.46. The molecule has 0 saturated carbocycles. The highest BCUT2D eigenvalue weighted by atomic mass is 16.5. The molecule has 122 valence electrons. The van der Waals surface area contributed by atoms with Crippen molar-refractivity contribution in [3.63, 3.8) is 0 Å². The van der Waals surface area contributed by atoms with Crippen LogP contribution in [0.4, 0.5) is 0 Å². The topological polar surface area (TPSA) is 111 Å². The van der Waals surface area contributed by atoms with Crippen LogP contribution in [0.15, 0.2) is 34.9 Å². The van der Waals surface area contributed by atoms with Gasteiger partial charge in [-0.15, -0.1) is 0 Å². The number of nitrogens with two attached hydrogens (primary N) is 1. The fourth-order valence-corrected chi connectivity index (χ4v) is 2.09. The Hall–Kier alpha value is -2.70. The molecule has 0 aliphatic heterocycles. The van der Waals surface area contributed by atoms with Crippen LogP contribution in [0.1, 0.15) is 26.2 Å². The molecule has 2 amide bonds. The summed E-state index contributed by atoms with van der Waals surface area (Å²) in [6, 6.07) is 8.75. The van der Waals surface area contributed by atoms with Gasteiger partial charge in [0.1, 0.15) is 6.04 Å². The van der Waals surface area contributed by atoms with E-state index in [0.717, 1.165) is 5.56 Å². The van der Waals surface area contributed by atoms with E-state index in [1.54, 1.807) is 0 Å². The average Bonchev–Trinajstić information content (AvgIpc) is 3.00. The number of nitrogens with zero attached hydrogens (tertiary/aromatic N) is 2. The zero-order chi connectivity index (χ0) is 16.8. The first-order valence-corrected chi connectivity index (χ1v) is 7.44. The standard InChI is InChI=1S/C16H20N4O3/c1-10(2)14(15(17)22)18-12(21)8-9-13-19-16(20-23-13)11-6-4-3-5-7-11/h3-7,10,14H,8-9H2,1-2H3,(H2,17,22)(H,18,21). The fourth-order valence-electron chi connectivity index (χ4n) is 2.09. The van der Waals surface area contributed by atoms with E-state index < -0.39 is 11.9 Å². The monoisotopic (exact) mass is 316 g/mol. The first-order valence-electron chi connectivity index (χ1n) is 7.44. The van der Waals surface area contributed by atoms with Crippen LogP contribution in [-0.2, 0) is 16.0 Å². The number of hydrogen-bond acceptors (Lipinski definition) is 5. The second-order valence-electron chi connectivity index (χ2n) is 5.57. The molecule has 1 aromatic heterocycles. The summed E-state index contributed by atoms with van der Waals surface area (Å²) in [4.78, 5) is 27.4. The lowest BCUT2D eigenvalue weighted by Gasteiger charge is -2.18. The summed E-state index contributed by atoms with van der Waals surface area (Å²) in [5.74, 6) is -0.0265. The highest BCUT2D eigenvalue weighted by Crippen LogP contribution is 2.15. The Balaban J connectivity index is 1.90. The molecular formula is C16H20N4O3. The number of primary amides is 1. The van der Waals surface area contributed by atoms with Crippen LogP contribution in [0.25, 0.3) is 11.4 Å². The number of carbonyl (C=O) groups excluding carboxylic acids is 2. The number of amides is 2. The molecule has 7 heteroatoms. The molecule has 0 aliphatic carbocycles. The molecule has 0 radical (unpaired) electrons. The van der Waals surface area contributed by atoms with Gasteiger partial charge < -0.3 is 15.6 Å². The third-order valence-electron chi connectivity index (χ3n) is 3.36. The maximum Gasteiger partial charge on any atom is 0.240 e. The molecule has 0 fully saturated rings. The summed E-state index contributed by atoms with van der Waals surface area (Å²) in [5.41, 5.74) is 6.11. The van der Waals surface area contributed by atoms with Gasteiger partial charge in [0.25, 0.3) is 0 Å². The molecule has 0 aliphatic rings. The van der Waals surface area contributed by atoms with Crippen molar-refractivity contribution in [1.29, 1.82) is 0 Å². The zero-order valence-corrected chi connectivity index (χ0v) is 13.2. The molecular weight excluding hydrogens is 296 g/mol. The van der Waals surface area contributed by atoms with Gasteiger partial charge in [-0.1, -0.05) is 49.3 Å². The second kappa shape index (κ2) is 7.53. The smallest absolute Gasteiger partial charge is 0.240 e. The SMILES string of the molecule is CC(C)C(NC(=O)CCc1nc(-c2ccccc2)no1)C(N)=O. The van der Waals surface area contributed by atoms with E-state index in [1.807, 2.05) is 44.2 Å². The van der Waals surface area contributed by atoms with Crippen molar-refractivity contribution in [3.05, 3.63) is 36.2 Å².